The van der Waals surface area contributed by atoms with Gasteiger partial charge >= 0.3 is 17.9 Å². The SMILES string of the molecule is CC/C=C\C/C=C\C/C=C\C/C=C\C/C=C\CCCCCCCCCCCCCCCCCCCC(=O)OCC(COC(=O)CCCCCCC/C=C\C/C=C\CCC)OC(=O)CCCCC/C=C\C/C=C\C/C=C\CC. The molecule has 77 heavy (non-hydrogen) atoms. The average Bonchev–Trinajstić information content (AvgIpc) is 3.43. The van der Waals surface area contributed by atoms with E-state index < -0.39 is 6.10 Å². The van der Waals surface area contributed by atoms with Gasteiger partial charge in [0, 0.05) is 19.3 Å². The molecule has 0 fully saturated rings. The van der Waals surface area contributed by atoms with E-state index in [1.165, 1.54) is 103 Å². The van der Waals surface area contributed by atoms with Gasteiger partial charge in [0.15, 0.2) is 6.10 Å². The van der Waals surface area contributed by atoms with Crippen LogP contribution in [0.5, 0.6) is 0 Å². The van der Waals surface area contributed by atoms with E-state index in [9.17, 15) is 14.4 Å². The minimum absolute atomic E-state index is 0.0943. The second-order valence-corrected chi connectivity index (χ2v) is 20.9. The third-order valence-corrected chi connectivity index (χ3v) is 13.4. The lowest BCUT2D eigenvalue weighted by atomic mass is 10.0. The molecule has 0 spiro atoms. The Bertz CT molecular complexity index is 1600. The lowest BCUT2D eigenvalue weighted by Gasteiger charge is -2.18. The van der Waals surface area contributed by atoms with E-state index in [2.05, 4.69) is 142 Å². The highest BCUT2D eigenvalue weighted by Gasteiger charge is 2.19. The number of unbranched alkanes of at least 4 members (excludes halogenated alkanes) is 26. The maximum absolute atomic E-state index is 12.8. The van der Waals surface area contributed by atoms with Crippen molar-refractivity contribution >= 4 is 17.9 Å². The van der Waals surface area contributed by atoms with Crippen LogP contribution < -0.4 is 0 Å². The summed E-state index contributed by atoms with van der Waals surface area (Å²) in [6.45, 7) is 6.32. The first-order chi connectivity index (χ1) is 38.0. The second-order valence-electron chi connectivity index (χ2n) is 20.9. The first-order valence-electron chi connectivity index (χ1n) is 32.0. The Labute approximate surface area is 475 Å². The van der Waals surface area contributed by atoms with Crippen LogP contribution in [0.3, 0.4) is 0 Å². The molecule has 0 aliphatic rings. The van der Waals surface area contributed by atoms with Gasteiger partial charge in [-0.15, -0.1) is 0 Å². The van der Waals surface area contributed by atoms with Gasteiger partial charge in [-0.25, -0.2) is 0 Å². The van der Waals surface area contributed by atoms with Crippen LogP contribution in [0, 0.1) is 0 Å². The molecule has 1 unspecified atom stereocenters. The zero-order valence-electron chi connectivity index (χ0n) is 50.2. The van der Waals surface area contributed by atoms with Crippen molar-refractivity contribution in [2.24, 2.45) is 0 Å². The van der Waals surface area contributed by atoms with Crippen LogP contribution in [0.15, 0.2) is 122 Å². The monoisotopic (exact) mass is 1070 g/mol. The smallest absolute Gasteiger partial charge is 0.306 e. The molecule has 0 aromatic heterocycles. The fraction of sp³-hybridized carbons (Fsp3) is 0.676. The summed E-state index contributed by atoms with van der Waals surface area (Å²) in [5.41, 5.74) is 0. The predicted octanol–water partition coefficient (Wildman–Crippen LogP) is 22.0. The van der Waals surface area contributed by atoms with Gasteiger partial charge in [0.2, 0.25) is 0 Å². The Hall–Kier alpha value is -4.19. The molecule has 0 heterocycles. The maximum atomic E-state index is 12.8. The summed E-state index contributed by atoms with van der Waals surface area (Å²) in [5.74, 6) is -0.935. The van der Waals surface area contributed by atoms with Crippen molar-refractivity contribution in [2.45, 2.75) is 297 Å². The lowest BCUT2D eigenvalue weighted by molar-refractivity contribution is -0.167. The van der Waals surface area contributed by atoms with Crippen LogP contribution in [0.4, 0.5) is 0 Å². The Kier molecular flexibility index (Phi) is 60.8. The molecule has 0 aliphatic heterocycles. The lowest BCUT2D eigenvalue weighted by Crippen LogP contribution is -2.30. The van der Waals surface area contributed by atoms with Crippen LogP contribution in [0.1, 0.15) is 290 Å². The summed E-state index contributed by atoms with van der Waals surface area (Å²) in [4.78, 5) is 38.2. The van der Waals surface area contributed by atoms with Crippen molar-refractivity contribution < 1.29 is 28.6 Å². The van der Waals surface area contributed by atoms with Gasteiger partial charge in [0.1, 0.15) is 13.2 Å². The highest BCUT2D eigenvalue weighted by molar-refractivity contribution is 5.71. The number of ether oxygens (including phenoxy) is 3. The molecule has 0 saturated heterocycles. The number of allylic oxidation sites excluding steroid dienone is 20. The Morgan fingerprint density at radius 3 is 0.805 bits per heavy atom. The van der Waals surface area contributed by atoms with Crippen molar-refractivity contribution in [3.05, 3.63) is 122 Å². The highest BCUT2D eigenvalue weighted by Crippen LogP contribution is 2.16. The Balaban J connectivity index is 4.15. The Morgan fingerprint density at radius 2 is 0.506 bits per heavy atom. The van der Waals surface area contributed by atoms with Crippen LogP contribution >= 0.6 is 0 Å². The maximum Gasteiger partial charge on any atom is 0.306 e. The molecule has 6 heteroatoms. The molecular weight excluding hydrogens is 949 g/mol. The quantitative estimate of drug-likeness (QED) is 0.0261. The molecule has 0 bridgehead atoms. The molecule has 0 aromatic carbocycles. The van der Waals surface area contributed by atoms with Crippen LogP contribution in [0.25, 0.3) is 0 Å². The summed E-state index contributed by atoms with van der Waals surface area (Å²) < 4.78 is 16.8. The zero-order chi connectivity index (χ0) is 55.7. The van der Waals surface area contributed by atoms with Gasteiger partial charge in [-0.1, -0.05) is 271 Å². The minimum atomic E-state index is -0.800. The third kappa shape index (κ3) is 62.5. The molecule has 6 nitrogen and oxygen atoms in total. The molecule has 0 aromatic rings. The summed E-state index contributed by atoms with van der Waals surface area (Å²) in [7, 11) is 0. The summed E-state index contributed by atoms with van der Waals surface area (Å²) in [5, 5.41) is 0. The van der Waals surface area contributed by atoms with Crippen molar-refractivity contribution in [3.63, 3.8) is 0 Å². The number of carbonyl (C=O) groups excluding carboxylic acids is 3. The number of hydrogen-bond donors (Lipinski definition) is 0. The number of hydrogen-bond acceptors (Lipinski definition) is 6. The van der Waals surface area contributed by atoms with E-state index in [1.54, 1.807) is 0 Å². The van der Waals surface area contributed by atoms with Crippen molar-refractivity contribution in [2.75, 3.05) is 13.2 Å². The fourth-order valence-corrected chi connectivity index (χ4v) is 8.70. The summed E-state index contributed by atoms with van der Waals surface area (Å²) in [6.07, 6.45) is 89.4. The highest BCUT2D eigenvalue weighted by atomic mass is 16.6. The number of carbonyl (C=O) groups is 3. The van der Waals surface area contributed by atoms with Crippen LogP contribution in [-0.2, 0) is 28.6 Å². The molecule has 438 valence electrons. The molecule has 0 amide bonds. The van der Waals surface area contributed by atoms with Gasteiger partial charge in [-0.05, 0) is 122 Å². The zero-order valence-corrected chi connectivity index (χ0v) is 50.2. The van der Waals surface area contributed by atoms with Gasteiger partial charge in [0.25, 0.3) is 0 Å². The molecular formula is C71H118O6. The Morgan fingerprint density at radius 1 is 0.273 bits per heavy atom. The molecule has 0 N–H and O–H groups in total. The molecule has 0 rings (SSSR count). The minimum Gasteiger partial charge on any atom is -0.462 e. The first kappa shape index (κ1) is 72.8. The van der Waals surface area contributed by atoms with E-state index >= 15 is 0 Å². The number of rotatable bonds is 57. The molecule has 0 radical (unpaired) electrons. The summed E-state index contributed by atoms with van der Waals surface area (Å²) >= 11 is 0. The van der Waals surface area contributed by atoms with Crippen molar-refractivity contribution in [1.82, 2.24) is 0 Å². The van der Waals surface area contributed by atoms with Crippen LogP contribution in [0.2, 0.25) is 0 Å². The van der Waals surface area contributed by atoms with Crippen molar-refractivity contribution in [3.8, 4) is 0 Å². The van der Waals surface area contributed by atoms with E-state index in [0.29, 0.717) is 12.8 Å². The van der Waals surface area contributed by atoms with Gasteiger partial charge in [-0.2, -0.15) is 0 Å². The fourth-order valence-electron chi connectivity index (χ4n) is 8.70. The van der Waals surface area contributed by atoms with Gasteiger partial charge < -0.3 is 14.2 Å². The largest absolute Gasteiger partial charge is 0.462 e. The second kappa shape index (κ2) is 64.3. The van der Waals surface area contributed by atoms with Crippen molar-refractivity contribution in [1.29, 1.82) is 0 Å². The van der Waals surface area contributed by atoms with Gasteiger partial charge in [0.05, 0.1) is 0 Å². The van der Waals surface area contributed by atoms with E-state index in [-0.39, 0.29) is 37.5 Å². The van der Waals surface area contributed by atoms with Crippen LogP contribution in [-0.4, -0.2) is 37.2 Å². The standard InChI is InChI=1S/C71H118O6/c1-4-7-10-13-16-19-22-25-26-27-28-29-30-31-32-33-34-35-36-37-38-39-40-41-42-43-44-47-49-52-55-58-61-64-70(73)76-67-68(77-71(74)65-62-59-56-53-50-46-24-21-18-15-12-9-6-3)66-75-69(72)63-60-57-54-51-48-45-23-20-17-14-11-8-5-2/h7,9-12,14,16,18-21,23,25-26,28-29,31-32,46,50,68H,4-6,8,13,15,17,22,24,27,30,33-45,47-49,51-67H2,1-3H3/b10-7-,12-9-,14-11-,19-16-,21-18-,23-20-,26-25-,29-28-,32-31-,50-46-. The average molecular weight is 1070 g/mol. The topological polar surface area (TPSA) is 78.9 Å². The summed E-state index contributed by atoms with van der Waals surface area (Å²) in [6, 6.07) is 0. The van der Waals surface area contributed by atoms with E-state index in [4.69, 9.17) is 14.2 Å². The first-order valence-corrected chi connectivity index (χ1v) is 32.0. The molecule has 0 aliphatic carbocycles. The third-order valence-electron chi connectivity index (χ3n) is 13.4. The number of esters is 3. The van der Waals surface area contributed by atoms with E-state index in [0.717, 1.165) is 148 Å². The predicted molar refractivity (Wildman–Crippen MR) is 334 cm³/mol. The van der Waals surface area contributed by atoms with Gasteiger partial charge in [-0.3, -0.25) is 14.4 Å². The molecule has 0 saturated carbocycles. The van der Waals surface area contributed by atoms with E-state index in [1.807, 2.05) is 0 Å². The molecule has 1 atom stereocenters. The normalized spacial score (nSPS) is 12.9.